The minimum absolute atomic E-state index is 0.0344. The molecule has 0 bridgehead atoms. The van der Waals surface area contributed by atoms with Gasteiger partial charge in [0.1, 0.15) is 0 Å². The first-order valence-electron chi connectivity index (χ1n) is 7.02. The Hall–Kier alpha value is -0.860. The van der Waals surface area contributed by atoms with Crippen LogP contribution < -0.4 is 0 Å². The van der Waals surface area contributed by atoms with Crippen LogP contribution in [0.2, 0.25) is 0 Å². The molecule has 2 fully saturated rings. The highest BCUT2D eigenvalue weighted by atomic mass is 16.5. The Balaban J connectivity index is 1.85. The molecule has 3 rings (SSSR count). The fourth-order valence-electron chi connectivity index (χ4n) is 3.34. The lowest BCUT2D eigenvalue weighted by Gasteiger charge is -2.33. The van der Waals surface area contributed by atoms with E-state index >= 15 is 0 Å². The summed E-state index contributed by atoms with van der Waals surface area (Å²) >= 11 is 0. The number of ether oxygens (including phenoxy) is 1. The van der Waals surface area contributed by atoms with Crippen molar-refractivity contribution < 1.29 is 9.84 Å². The summed E-state index contributed by atoms with van der Waals surface area (Å²) in [5, 5.41) is 9.94. The zero-order chi connectivity index (χ0) is 12.6. The Morgan fingerprint density at radius 1 is 1.33 bits per heavy atom. The lowest BCUT2D eigenvalue weighted by atomic mass is 9.74. The molecule has 1 aromatic carbocycles. The van der Waals surface area contributed by atoms with E-state index in [1.165, 1.54) is 24.0 Å². The smallest absolute Gasteiger partial charge is 0.0685 e. The first kappa shape index (κ1) is 12.2. The zero-order valence-electron chi connectivity index (χ0n) is 11.1. The first-order chi connectivity index (χ1) is 8.75. The van der Waals surface area contributed by atoms with Gasteiger partial charge in [0.15, 0.2) is 0 Å². The molecule has 0 aromatic heterocycles. The van der Waals surface area contributed by atoms with E-state index in [2.05, 4.69) is 31.2 Å². The maximum atomic E-state index is 9.94. The Morgan fingerprint density at radius 2 is 2.11 bits per heavy atom. The summed E-state index contributed by atoms with van der Waals surface area (Å²) in [4.78, 5) is 0. The van der Waals surface area contributed by atoms with E-state index in [9.17, 15) is 5.11 Å². The minimum atomic E-state index is -0.0344. The predicted molar refractivity (Wildman–Crippen MR) is 71.5 cm³/mol. The number of aliphatic hydroxyl groups excluding tert-OH is 1. The third kappa shape index (κ3) is 2.08. The van der Waals surface area contributed by atoms with Crippen molar-refractivity contribution in [2.75, 3.05) is 13.2 Å². The molecule has 1 aliphatic heterocycles. The summed E-state index contributed by atoms with van der Waals surface area (Å²) < 4.78 is 5.94. The molecule has 2 heteroatoms. The van der Waals surface area contributed by atoms with Crippen LogP contribution in [0.25, 0.3) is 0 Å². The van der Waals surface area contributed by atoms with Crippen LogP contribution in [0.3, 0.4) is 0 Å². The molecule has 2 aliphatic rings. The molecule has 0 spiro atoms. The third-order valence-electron chi connectivity index (χ3n) is 4.67. The highest BCUT2D eigenvalue weighted by molar-refractivity contribution is 5.27. The molecule has 0 radical (unpaired) electrons. The monoisotopic (exact) mass is 246 g/mol. The summed E-state index contributed by atoms with van der Waals surface area (Å²) in [6.07, 6.45) is 4.79. The van der Waals surface area contributed by atoms with Gasteiger partial charge < -0.3 is 9.84 Å². The number of hydrogen-bond acceptors (Lipinski definition) is 2. The second kappa shape index (κ2) is 4.67. The van der Waals surface area contributed by atoms with Crippen LogP contribution in [0.15, 0.2) is 24.3 Å². The Labute approximate surface area is 109 Å². The van der Waals surface area contributed by atoms with Crippen molar-refractivity contribution in [1.82, 2.24) is 0 Å². The van der Waals surface area contributed by atoms with E-state index in [0.29, 0.717) is 5.92 Å². The molecule has 2 nitrogen and oxygen atoms in total. The standard InChI is InChI=1S/C16H22O2/c1-12-4-2-3-5-14(12)10-16(11-17)8-9-18-15(16)13-6-7-13/h2-5,13,15,17H,6-11H2,1H3. The van der Waals surface area contributed by atoms with Crippen molar-refractivity contribution in [3.05, 3.63) is 35.4 Å². The van der Waals surface area contributed by atoms with Crippen LogP contribution in [0.5, 0.6) is 0 Å². The van der Waals surface area contributed by atoms with Gasteiger partial charge in [0.25, 0.3) is 0 Å². The van der Waals surface area contributed by atoms with Crippen molar-refractivity contribution >= 4 is 0 Å². The van der Waals surface area contributed by atoms with Gasteiger partial charge in [-0.15, -0.1) is 0 Å². The van der Waals surface area contributed by atoms with Crippen LogP contribution in [-0.2, 0) is 11.2 Å². The van der Waals surface area contributed by atoms with Gasteiger partial charge in [0, 0.05) is 12.0 Å². The molecule has 98 valence electrons. The van der Waals surface area contributed by atoms with Gasteiger partial charge in [-0.1, -0.05) is 24.3 Å². The molecule has 2 unspecified atom stereocenters. The van der Waals surface area contributed by atoms with Gasteiger partial charge in [0.2, 0.25) is 0 Å². The number of aryl methyl sites for hydroxylation is 1. The number of benzene rings is 1. The van der Waals surface area contributed by atoms with Crippen molar-refractivity contribution in [2.24, 2.45) is 11.3 Å². The molecular formula is C16H22O2. The average Bonchev–Trinajstić information content (AvgIpc) is 3.14. The van der Waals surface area contributed by atoms with E-state index < -0.39 is 0 Å². The van der Waals surface area contributed by atoms with E-state index in [4.69, 9.17) is 4.74 Å². The van der Waals surface area contributed by atoms with E-state index in [-0.39, 0.29) is 18.1 Å². The third-order valence-corrected chi connectivity index (χ3v) is 4.67. The van der Waals surface area contributed by atoms with Crippen molar-refractivity contribution in [3.8, 4) is 0 Å². The van der Waals surface area contributed by atoms with Gasteiger partial charge in [0.05, 0.1) is 12.7 Å². The molecule has 0 amide bonds. The molecule has 1 saturated carbocycles. The Bertz CT molecular complexity index is 425. The highest BCUT2D eigenvalue weighted by Crippen LogP contribution is 2.49. The summed E-state index contributed by atoms with van der Waals surface area (Å²) in [7, 11) is 0. The molecule has 18 heavy (non-hydrogen) atoms. The van der Waals surface area contributed by atoms with E-state index in [1.54, 1.807) is 0 Å². The normalized spacial score (nSPS) is 31.8. The minimum Gasteiger partial charge on any atom is -0.396 e. The first-order valence-corrected chi connectivity index (χ1v) is 7.02. The van der Waals surface area contributed by atoms with Crippen LogP contribution in [-0.4, -0.2) is 24.4 Å². The molecular weight excluding hydrogens is 224 g/mol. The molecule has 2 atom stereocenters. The SMILES string of the molecule is Cc1ccccc1CC1(CO)CCOC1C1CC1. The van der Waals surface area contributed by atoms with E-state index in [0.717, 1.165) is 19.4 Å². The van der Waals surface area contributed by atoms with Gasteiger partial charge in [-0.2, -0.15) is 0 Å². The molecule has 1 heterocycles. The van der Waals surface area contributed by atoms with Crippen molar-refractivity contribution in [1.29, 1.82) is 0 Å². The maximum Gasteiger partial charge on any atom is 0.0685 e. The molecule has 1 N–H and O–H groups in total. The Morgan fingerprint density at radius 3 is 2.78 bits per heavy atom. The van der Waals surface area contributed by atoms with Gasteiger partial charge in [-0.25, -0.2) is 0 Å². The summed E-state index contributed by atoms with van der Waals surface area (Å²) in [6, 6.07) is 8.51. The molecule has 1 aliphatic carbocycles. The maximum absolute atomic E-state index is 9.94. The fraction of sp³-hybridized carbons (Fsp3) is 0.625. The topological polar surface area (TPSA) is 29.5 Å². The average molecular weight is 246 g/mol. The lowest BCUT2D eigenvalue weighted by Crippen LogP contribution is -2.38. The van der Waals surface area contributed by atoms with E-state index in [1.807, 2.05) is 0 Å². The largest absolute Gasteiger partial charge is 0.396 e. The van der Waals surface area contributed by atoms with Crippen LogP contribution in [0, 0.1) is 18.3 Å². The van der Waals surface area contributed by atoms with Crippen LogP contribution in [0.1, 0.15) is 30.4 Å². The highest BCUT2D eigenvalue weighted by Gasteiger charge is 2.50. The quantitative estimate of drug-likeness (QED) is 0.885. The zero-order valence-corrected chi connectivity index (χ0v) is 11.1. The van der Waals surface area contributed by atoms with Crippen LogP contribution >= 0.6 is 0 Å². The Kier molecular flexibility index (Phi) is 3.16. The van der Waals surface area contributed by atoms with Gasteiger partial charge in [-0.05, 0) is 49.7 Å². The number of hydrogen-bond donors (Lipinski definition) is 1. The fourth-order valence-corrected chi connectivity index (χ4v) is 3.34. The second-order valence-electron chi connectivity index (χ2n) is 6.00. The summed E-state index contributed by atoms with van der Waals surface area (Å²) in [5.41, 5.74) is 2.65. The van der Waals surface area contributed by atoms with Crippen LogP contribution in [0.4, 0.5) is 0 Å². The summed E-state index contributed by atoms with van der Waals surface area (Å²) in [6.45, 7) is 3.22. The van der Waals surface area contributed by atoms with Gasteiger partial charge in [-0.3, -0.25) is 0 Å². The number of aliphatic hydroxyl groups is 1. The summed E-state index contributed by atoms with van der Waals surface area (Å²) in [5.74, 6) is 0.698. The number of rotatable bonds is 4. The van der Waals surface area contributed by atoms with Gasteiger partial charge >= 0.3 is 0 Å². The predicted octanol–water partition coefficient (Wildman–Crippen LogP) is 2.72. The molecule has 1 saturated heterocycles. The molecule has 1 aromatic rings. The van der Waals surface area contributed by atoms with Crippen molar-refractivity contribution in [2.45, 2.75) is 38.7 Å². The lowest BCUT2D eigenvalue weighted by molar-refractivity contribution is 0.000522. The second-order valence-corrected chi connectivity index (χ2v) is 6.00. The van der Waals surface area contributed by atoms with Crippen molar-refractivity contribution in [3.63, 3.8) is 0 Å².